The summed E-state index contributed by atoms with van der Waals surface area (Å²) >= 11 is 0. The molecule has 0 aliphatic carbocycles. The minimum atomic E-state index is -4.89. The molecular weight excluding hydrogens is 399 g/mol. The minimum Gasteiger partial charge on any atom is -0.406 e. The molecule has 2 heterocycles. The second-order valence-corrected chi connectivity index (χ2v) is 7.17. The van der Waals surface area contributed by atoms with Gasteiger partial charge in [0.1, 0.15) is 11.4 Å². The van der Waals surface area contributed by atoms with Crippen LogP contribution in [0.3, 0.4) is 0 Å². The summed E-state index contributed by atoms with van der Waals surface area (Å²) in [6.07, 6.45) is -0.401. The summed E-state index contributed by atoms with van der Waals surface area (Å²) in [7, 11) is -4.21. The van der Waals surface area contributed by atoms with Gasteiger partial charge in [-0.25, -0.2) is 8.42 Å². The summed E-state index contributed by atoms with van der Waals surface area (Å²) in [5.41, 5.74) is 0.303. The molecule has 0 unspecified atom stereocenters. The van der Waals surface area contributed by atoms with Crippen LogP contribution in [0.1, 0.15) is 0 Å². The molecule has 0 saturated carbocycles. The zero-order valence-electron chi connectivity index (χ0n) is 13.9. The number of sulfonamides is 1. The number of hydrogen-bond acceptors (Lipinski definition) is 5. The quantitative estimate of drug-likeness (QED) is 0.672. The molecule has 0 aliphatic rings. The van der Waals surface area contributed by atoms with Crippen LogP contribution in [0.25, 0.3) is 11.1 Å². The van der Waals surface area contributed by atoms with Gasteiger partial charge in [0, 0.05) is 24.2 Å². The molecule has 0 radical (unpaired) electrons. The van der Waals surface area contributed by atoms with Crippen LogP contribution < -0.4 is 15.0 Å². The third-order valence-electron chi connectivity index (χ3n) is 3.53. The molecule has 3 rings (SSSR count). The van der Waals surface area contributed by atoms with Gasteiger partial charge in [-0.1, -0.05) is 0 Å². The first-order valence-corrected chi connectivity index (χ1v) is 9.14. The Hall–Kier alpha value is -3.34. The summed E-state index contributed by atoms with van der Waals surface area (Å²) in [6, 6.07) is 8.28. The average Bonchev–Trinajstić information content (AvgIpc) is 2.63. The molecule has 2 aromatic heterocycles. The molecule has 7 nitrogen and oxygen atoms in total. The number of nitrogens with zero attached hydrogens (tertiary/aromatic N) is 1. The molecule has 0 atom stereocenters. The second kappa shape index (κ2) is 7.35. The fourth-order valence-electron chi connectivity index (χ4n) is 2.29. The summed E-state index contributed by atoms with van der Waals surface area (Å²) in [5, 5.41) is 0. The molecule has 146 valence electrons. The molecule has 0 saturated heterocycles. The molecule has 1 aromatic carbocycles. The van der Waals surface area contributed by atoms with E-state index in [4.69, 9.17) is 0 Å². The predicted molar refractivity (Wildman–Crippen MR) is 94.2 cm³/mol. The summed E-state index contributed by atoms with van der Waals surface area (Å²) in [4.78, 5) is 17.9. The number of H-pyrrole nitrogens is 1. The van der Waals surface area contributed by atoms with Gasteiger partial charge in [0.15, 0.2) is 0 Å². The number of ether oxygens (including phenoxy) is 1. The number of hydrogen-bond donors (Lipinski definition) is 2. The lowest BCUT2D eigenvalue weighted by atomic mass is 10.1. The van der Waals surface area contributed by atoms with E-state index in [0.29, 0.717) is 11.1 Å². The van der Waals surface area contributed by atoms with Crippen LogP contribution >= 0.6 is 0 Å². The Balaban J connectivity index is 1.87. The van der Waals surface area contributed by atoms with Crippen LogP contribution in [-0.4, -0.2) is 24.7 Å². The van der Waals surface area contributed by atoms with Crippen molar-refractivity contribution in [2.45, 2.75) is 11.3 Å². The number of pyridine rings is 2. The van der Waals surface area contributed by atoms with Gasteiger partial charge in [0.05, 0.1) is 4.90 Å². The van der Waals surface area contributed by atoms with Crippen molar-refractivity contribution in [1.29, 1.82) is 0 Å². The first-order valence-electron chi connectivity index (χ1n) is 7.66. The van der Waals surface area contributed by atoms with Crippen molar-refractivity contribution >= 4 is 15.7 Å². The maximum absolute atomic E-state index is 12.5. The third kappa shape index (κ3) is 4.68. The van der Waals surface area contributed by atoms with Crippen LogP contribution in [-0.2, 0) is 10.0 Å². The fraction of sp³-hybridized carbons (Fsp3) is 0.0588. The number of halogens is 3. The van der Waals surface area contributed by atoms with Crippen molar-refractivity contribution in [3.05, 3.63) is 71.4 Å². The molecule has 11 heteroatoms. The van der Waals surface area contributed by atoms with Gasteiger partial charge in [-0.15, -0.1) is 13.2 Å². The van der Waals surface area contributed by atoms with E-state index in [1.807, 2.05) is 0 Å². The van der Waals surface area contributed by atoms with Crippen LogP contribution in [0.2, 0.25) is 0 Å². The predicted octanol–water partition coefficient (Wildman–Crippen LogP) is 3.14. The van der Waals surface area contributed by atoms with E-state index < -0.39 is 27.7 Å². The minimum absolute atomic E-state index is 0.245. The Labute approximate surface area is 156 Å². The van der Waals surface area contributed by atoms with Crippen LogP contribution in [0.5, 0.6) is 5.75 Å². The lowest BCUT2D eigenvalue weighted by molar-refractivity contribution is -0.274. The van der Waals surface area contributed by atoms with Gasteiger partial charge < -0.3 is 9.72 Å². The maximum atomic E-state index is 12.5. The van der Waals surface area contributed by atoms with E-state index in [0.717, 1.165) is 24.3 Å². The van der Waals surface area contributed by atoms with Gasteiger partial charge in [-0.2, -0.15) is 0 Å². The topological polar surface area (TPSA) is 101 Å². The smallest absolute Gasteiger partial charge is 0.406 e. The first-order chi connectivity index (χ1) is 13.1. The van der Waals surface area contributed by atoms with Crippen LogP contribution in [0.15, 0.2) is 70.7 Å². The number of alkyl halides is 3. The average molecular weight is 411 g/mol. The normalized spacial score (nSPS) is 11.8. The highest BCUT2D eigenvalue weighted by Crippen LogP contribution is 2.25. The molecule has 28 heavy (non-hydrogen) atoms. The highest BCUT2D eigenvalue weighted by Gasteiger charge is 2.31. The van der Waals surface area contributed by atoms with E-state index in [1.54, 1.807) is 12.1 Å². The molecule has 3 aromatic rings. The van der Waals surface area contributed by atoms with Crippen LogP contribution in [0, 0.1) is 0 Å². The standard InChI is InChI=1S/C17H12F3N3O4S/c18-17(19,20)27-13-1-3-14(4-2-13)28(25,26)23-15-9-12(10-22-16(15)24)11-5-7-21-8-6-11/h1-10,23H,(H,22,24). The van der Waals surface area contributed by atoms with E-state index in [2.05, 4.69) is 19.4 Å². The number of rotatable bonds is 5. The van der Waals surface area contributed by atoms with Crippen molar-refractivity contribution in [3.8, 4) is 16.9 Å². The zero-order chi connectivity index (χ0) is 20.4. The van der Waals surface area contributed by atoms with E-state index in [9.17, 15) is 26.4 Å². The largest absolute Gasteiger partial charge is 0.573 e. The Kier molecular flexibility index (Phi) is 5.10. The zero-order valence-corrected chi connectivity index (χ0v) is 14.7. The monoisotopic (exact) mass is 411 g/mol. The highest BCUT2D eigenvalue weighted by atomic mass is 32.2. The second-order valence-electron chi connectivity index (χ2n) is 5.49. The number of anilines is 1. The summed E-state index contributed by atoms with van der Waals surface area (Å²) < 4.78 is 67.3. The fourth-order valence-corrected chi connectivity index (χ4v) is 3.35. The number of aromatic amines is 1. The Morgan fingerprint density at radius 1 is 1.00 bits per heavy atom. The first kappa shape index (κ1) is 19.4. The van der Waals surface area contributed by atoms with Gasteiger partial charge in [0.2, 0.25) is 0 Å². The summed E-state index contributed by atoms with van der Waals surface area (Å²) in [6.45, 7) is 0. The van der Waals surface area contributed by atoms with Crippen molar-refractivity contribution in [1.82, 2.24) is 9.97 Å². The molecule has 0 spiro atoms. The van der Waals surface area contributed by atoms with Gasteiger partial charge >= 0.3 is 6.36 Å². The molecule has 0 aliphatic heterocycles. The maximum Gasteiger partial charge on any atom is 0.573 e. The van der Waals surface area contributed by atoms with Crippen LogP contribution in [0.4, 0.5) is 18.9 Å². The number of benzene rings is 1. The lowest BCUT2D eigenvalue weighted by Crippen LogP contribution is -2.20. The van der Waals surface area contributed by atoms with Crippen molar-refractivity contribution < 1.29 is 26.3 Å². The van der Waals surface area contributed by atoms with Crippen molar-refractivity contribution in [3.63, 3.8) is 0 Å². The van der Waals surface area contributed by atoms with E-state index in [1.165, 1.54) is 24.7 Å². The molecule has 0 bridgehead atoms. The molecular formula is C17H12F3N3O4S. The Morgan fingerprint density at radius 2 is 1.64 bits per heavy atom. The Morgan fingerprint density at radius 3 is 2.25 bits per heavy atom. The van der Waals surface area contributed by atoms with Crippen molar-refractivity contribution in [2.75, 3.05) is 4.72 Å². The van der Waals surface area contributed by atoms with E-state index in [-0.39, 0.29) is 10.6 Å². The number of nitrogens with one attached hydrogen (secondary N) is 2. The molecule has 0 fully saturated rings. The van der Waals surface area contributed by atoms with Gasteiger partial charge in [0.25, 0.3) is 15.6 Å². The number of aromatic nitrogens is 2. The molecule has 0 amide bonds. The third-order valence-corrected chi connectivity index (χ3v) is 4.91. The summed E-state index contributed by atoms with van der Waals surface area (Å²) in [5.74, 6) is -0.566. The SMILES string of the molecule is O=c1[nH]cc(-c2ccncc2)cc1NS(=O)(=O)c1ccc(OC(F)(F)F)cc1. The van der Waals surface area contributed by atoms with E-state index >= 15 is 0 Å². The molecule has 2 N–H and O–H groups in total. The van der Waals surface area contributed by atoms with Gasteiger partial charge in [-0.3, -0.25) is 14.5 Å². The highest BCUT2D eigenvalue weighted by molar-refractivity contribution is 7.92. The van der Waals surface area contributed by atoms with Crippen molar-refractivity contribution in [2.24, 2.45) is 0 Å². The Bertz CT molecular complexity index is 1130. The lowest BCUT2D eigenvalue weighted by Gasteiger charge is -2.11. The van der Waals surface area contributed by atoms with Gasteiger partial charge in [-0.05, 0) is 48.0 Å².